The maximum Gasteiger partial charge on any atom is 0.370 e. The van der Waals surface area contributed by atoms with Gasteiger partial charge in [0.25, 0.3) is 0 Å². The summed E-state index contributed by atoms with van der Waals surface area (Å²) in [5.74, 6) is -7.05. The highest BCUT2D eigenvalue weighted by atomic mass is 19.3. The van der Waals surface area contributed by atoms with Crippen LogP contribution in [0.3, 0.4) is 0 Å². The summed E-state index contributed by atoms with van der Waals surface area (Å²) in [6.45, 7) is 0.962. The molecule has 1 aromatic heterocycles. The Balaban J connectivity index is 1.80. The molecule has 0 saturated carbocycles. The molecule has 2 aliphatic rings. The Hall–Kier alpha value is -4.83. The smallest absolute Gasteiger partial charge is 0.356 e. The summed E-state index contributed by atoms with van der Waals surface area (Å²) in [7, 11) is 1.21. The van der Waals surface area contributed by atoms with Crippen LogP contribution in [-0.4, -0.2) is 43.0 Å². The van der Waals surface area contributed by atoms with E-state index in [1.807, 2.05) is 4.90 Å². The van der Waals surface area contributed by atoms with E-state index in [2.05, 4.69) is 15.2 Å². The molecular formula is C27H21F3N6O4. The molecule has 0 unspecified atom stereocenters. The number of aromatic nitrogens is 1. The van der Waals surface area contributed by atoms with Crippen molar-refractivity contribution in [3.8, 4) is 28.5 Å². The van der Waals surface area contributed by atoms with Crippen LogP contribution in [-0.2, 0) is 15.6 Å². The summed E-state index contributed by atoms with van der Waals surface area (Å²) in [5, 5.41) is 11.4. The number of nitrogens with two attached hydrogens (primary N) is 1. The second kappa shape index (κ2) is 10.0. The van der Waals surface area contributed by atoms with E-state index in [0.717, 1.165) is 17.0 Å². The van der Waals surface area contributed by atoms with Crippen LogP contribution in [0.1, 0.15) is 34.3 Å². The van der Waals surface area contributed by atoms with Crippen LogP contribution in [0.2, 0.25) is 0 Å². The fourth-order valence-corrected chi connectivity index (χ4v) is 4.99. The summed E-state index contributed by atoms with van der Waals surface area (Å²) >= 11 is 0. The molecule has 2 aliphatic heterocycles. The highest BCUT2D eigenvalue weighted by Crippen LogP contribution is 2.46. The lowest BCUT2D eigenvalue weighted by atomic mass is 9.92. The third kappa shape index (κ3) is 4.42. The summed E-state index contributed by atoms with van der Waals surface area (Å²) in [4.78, 5) is 47.8. The molecule has 10 nitrogen and oxygen atoms in total. The topological polar surface area (TPSA) is 142 Å². The van der Waals surface area contributed by atoms with Gasteiger partial charge in [-0.15, -0.1) is 4.91 Å². The molecule has 204 valence electrons. The van der Waals surface area contributed by atoms with Gasteiger partial charge in [0.05, 0.1) is 28.1 Å². The van der Waals surface area contributed by atoms with Crippen molar-refractivity contribution >= 4 is 23.4 Å². The molecule has 1 fully saturated rings. The van der Waals surface area contributed by atoms with Crippen molar-refractivity contribution in [2.45, 2.75) is 24.8 Å². The molecule has 3 heterocycles. The number of benzene rings is 2. The number of nitrogens with zero attached hydrogens (tertiary/aromatic N) is 5. The first kappa shape index (κ1) is 26.8. The fraction of sp³-hybridized carbons (Fsp3) is 0.259. The highest BCUT2D eigenvalue weighted by molar-refractivity contribution is 6.07. The molecule has 0 spiro atoms. The molecule has 0 bridgehead atoms. The predicted octanol–water partition coefficient (Wildman–Crippen LogP) is 4.26. The van der Waals surface area contributed by atoms with Crippen LogP contribution in [0.5, 0.6) is 0 Å². The van der Waals surface area contributed by atoms with Gasteiger partial charge in [0.15, 0.2) is 5.34 Å². The SMILES string of the molecule is CN1C(=O)C(F)(F)c2cc(-c3c(C(=O)ON=O)cc(N4CCC(N)CC4)nc3-c3ccc(C#N)c(F)c3)ccc21. The Kier molecular flexibility index (Phi) is 6.72. The summed E-state index contributed by atoms with van der Waals surface area (Å²) < 4.78 is 44.6. The number of likely N-dealkylation sites (N-methyl/N-ethyl adjacent to an activating group) is 1. The lowest BCUT2D eigenvalue weighted by Crippen LogP contribution is -2.40. The number of fused-ring (bicyclic) bond motifs is 1. The third-order valence-corrected chi connectivity index (χ3v) is 7.13. The molecule has 0 aliphatic carbocycles. The molecule has 1 saturated heterocycles. The summed E-state index contributed by atoms with van der Waals surface area (Å²) in [5.41, 5.74) is 4.98. The van der Waals surface area contributed by atoms with Crippen LogP contribution in [0.4, 0.5) is 24.7 Å². The van der Waals surface area contributed by atoms with E-state index < -0.39 is 29.2 Å². The first-order valence-electron chi connectivity index (χ1n) is 12.2. The molecule has 0 atom stereocenters. The number of amides is 1. The van der Waals surface area contributed by atoms with Gasteiger partial charge in [-0.05, 0) is 48.7 Å². The zero-order chi connectivity index (χ0) is 28.8. The Bertz CT molecular complexity index is 1600. The van der Waals surface area contributed by atoms with Crippen LogP contribution in [0.25, 0.3) is 22.4 Å². The number of pyridine rings is 1. The van der Waals surface area contributed by atoms with Gasteiger partial charge in [-0.1, -0.05) is 12.1 Å². The Morgan fingerprint density at radius 1 is 1.18 bits per heavy atom. The molecule has 40 heavy (non-hydrogen) atoms. The number of carbonyl (C=O) groups excluding carboxylic acids is 2. The predicted molar refractivity (Wildman–Crippen MR) is 138 cm³/mol. The minimum absolute atomic E-state index is 0.00504. The molecule has 2 aromatic carbocycles. The average molecular weight is 550 g/mol. The Morgan fingerprint density at radius 2 is 1.88 bits per heavy atom. The third-order valence-electron chi connectivity index (χ3n) is 7.13. The van der Waals surface area contributed by atoms with E-state index in [1.54, 1.807) is 6.07 Å². The average Bonchev–Trinajstić information content (AvgIpc) is 3.12. The molecular weight excluding hydrogens is 529 g/mol. The number of piperidine rings is 1. The number of carbonyl (C=O) groups is 2. The second-order valence-electron chi connectivity index (χ2n) is 9.51. The minimum Gasteiger partial charge on any atom is -0.356 e. The Labute approximate surface area is 225 Å². The number of nitriles is 1. The number of alkyl halides is 2. The molecule has 1 amide bonds. The quantitative estimate of drug-likeness (QED) is 0.367. The van der Waals surface area contributed by atoms with Crippen LogP contribution >= 0.6 is 0 Å². The van der Waals surface area contributed by atoms with Crippen molar-refractivity contribution < 1.29 is 27.6 Å². The van der Waals surface area contributed by atoms with Crippen molar-refractivity contribution in [1.29, 1.82) is 5.26 Å². The van der Waals surface area contributed by atoms with Gasteiger partial charge in [-0.25, -0.2) is 14.2 Å². The second-order valence-corrected chi connectivity index (χ2v) is 9.51. The van der Waals surface area contributed by atoms with Crippen molar-refractivity contribution in [3.05, 3.63) is 69.9 Å². The monoisotopic (exact) mass is 550 g/mol. The Morgan fingerprint density at radius 3 is 2.52 bits per heavy atom. The van der Waals surface area contributed by atoms with Crippen molar-refractivity contribution in [3.63, 3.8) is 0 Å². The molecule has 0 radical (unpaired) electrons. The number of rotatable bonds is 5. The minimum atomic E-state index is -3.84. The van der Waals surface area contributed by atoms with Gasteiger partial charge in [0.2, 0.25) is 0 Å². The van der Waals surface area contributed by atoms with E-state index in [1.165, 1.54) is 37.4 Å². The molecule has 2 N–H and O–H groups in total. The molecule has 13 heteroatoms. The molecule has 3 aromatic rings. The summed E-state index contributed by atoms with van der Waals surface area (Å²) in [6.07, 6.45) is 1.25. The number of hydrogen-bond donors (Lipinski definition) is 1. The fourth-order valence-electron chi connectivity index (χ4n) is 4.99. The molecule has 5 rings (SSSR count). The van der Waals surface area contributed by atoms with Crippen LogP contribution in [0.15, 0.2) is 47.8 Å². The van der Waals surface area contributed by atoms with Gasteiger partial charge in [-0.3, -0.25) is 9.63 Å². The van der Waals surface area contributed by atoms with E-state index >= 15 is 0 Å². The van der Waals surface area contributed by atoms with Crippen LogP contribution < -0.4 is 15.5 Å². The van der Waals surface area contributed by atoms with Gasteiger partial charge >= 0.3 is 17.8 Å². The van der Waals surface area contributed by atoms with Crippen molar-refractivity contribution in [1.82, 2.24) is 4.98 Å². The number of anilines is 2. The highest BCUT2D eigenvalue weighted by Gasteiger charge is 2.51. The maximum atomic E-state index is 14.9. The van der Waals surface area contributed by atoms with Gasteiger partial charge in [-0.2, -0.15) is 14.0 Å². The zero-order valence-corrected chi connectivity index (χ0v) is 21.0. The van der Waals surface area contributed by atoms with Gasteiger partial charge < -0.3 is 15.5 Å². The maximum absolute atomic E-state index is 14.9. The standard InChI is InChI=1S/C27H21F3N6O4/c1-35-21-5-4-14(10-19(21)27(29,30)26(35)38)23-18(25(37)40-34-39)12-22(36-8-6-17(32)7-9-36)33-24(23)15-2-3-16(13-31)20(28)11-15/h2-5,10-12,17H,6-9,32H2,1H3. The normalized spacial score (nSPS) is 16.4. The van der Waals surface area contributed by atoms with Gasteiger partial charge in [0.1, 0.15) is 17.7 Å². The lowest BCUT2D eigenvalue weighted by molar-refractivity contribution is -0.141. The van der Waals surface area contributed by atoms with Crippen molar-refractivity contribution in [2.75, 3.05) is 29.9 Å². The largest absolute Gasteiger partial charge is 0.370 e. The van der Waals surface area contributed by atoms with E-state index in [4.69, 9.17) is 5.73 Å². The van der Waals surface area contributed by atoms with Crippen molar-refractivity contribution in [2.24, 2.45) is 11.1 Å². The zero-order valence-electron chi connectivity index (χ0n) is 21.0. The number of halogens is 3. The first-order valence-corrected chi connectivity index (χ1v) is 12.2. The summed E-state index contributed by atoms with van der Waals surface area (Å²) in [6, 6.07) is 10.4. The van der Waals surface area contributed by atoms with Crippen LogP contribution in [0, 0.1) is 22.1 Å². The van der Waals surface area contributed by atoms with Gasteiger partial charge in [0, 0.05) is 37.3 Å². The lowest BCUT2D eigenvalue weighted by Gasteiger charge is -2.32. The first-order chi connectivity index (χ1) is 19.1. The van der Waals surface area contributed by atoms with E-state index in [-0.39, 0.29) is 51.1 Å². The number of hydrogen-bond acceptors (Lipinski definition) is 9. The van der Waals surface area contributed by atoms with E-state index in [0.29, 0.717) is 25.9 Å². The van der Waals surface area contributed by atoms with E-state index in [9.17, 15) is 32.9 Å².